The molecule has 29 heavy (non-hydrogen) atoms. The van der Waals surface area contributed by atoms with Gasteiger partial charge in [0.2, 0.25) is 0 Å². The van der Waals surface area contributed by atoms with E-state index in [1.54, 1.807) is 6.21 Å². The van der Waals surface area contributed by atoms with Crippen LogP contribution >= 0.6 is 12.0 Å². The second-order valence-corrected chi connectivity index (χ2v) is 8.22. The van der Waals surface area contributed by atoms with Crippen LogP contribution < -0.4 is 10.1 Å². The van der Waals surface area contributed by atoms with E-state index in [1.807, 2.05) is 64.1 Å². The molecule has 6 nitrogen and oxygen atoms in total. The smallest absolute Gasteiger partial charge is 0.412 e. The Bertz CT molecular complexity index is 894. The Kier molecular flexibility index (Phi) is 6.69. The van der Waals surface area contributed by atoms with Gasteiger partial charge in [0.25, 0.3) is 0 Å². The quantitative estimate of drug-likeness (QED) is 0.249. The molecule has 0 aliphatic carbocycles. The van der Waals surface area contributed by atoms with Gasteiger partial charge in [-0.15, -0.1) is 0 Å². The number of carbonyl (C=O) groups excluding carboxylic acids is 1. The molecule has 0 unspecified atom stereocenters. The molecule has 0 aromatic heterocycles. The number of hydrogen-bond donors (Lipinski definition) is 1. The molecule has 154 valence electrons. The van der Waals surface area contributed by atoms with Crippen molar-refractivity contribution in [2.45, 2.75) is 51.0 Å². The molecule has 1 heterocycles. The first-order valence-corrected chi connectivity index (χ1v) is 10.3. The molecule has 0 spiro atoms. The summed E-state index contributed by atoms with van der Waals surface area (Å²) < 4.78 is 16.5. The van der Waals surface area contributed by atoms with Gasteiger partial charge in [-0.05, 0) is 70.4 Å². The molecular formula is C22H26N2O4S. The van der Waals surface area contributed by atoms with E-state index in [4.69, 9.17) is 13.8 Å². The molecule has 3 rings (SSSR count). The van der Waals surface area contributed by atoms with Crippen molar-refractivity contribution in [3.05, 3.63) is 53.1 Å². The second-order valence-electron chi connectivity index (χ2n) is 7.44. The summed E-state index contributed by atoms with van der Waals surface area (Å²) in [6.45, 7) is 8.30. The maximum Gasteiger partial charge on any atom is 0.412 e. The maximum atomic E-state index is 11.7. The fraction of sp³-hybridized carbons (Fsp3) is 0.364. The lowest BCUT2D eigenvalue weighted by Gasteiger charge is -2.33. The standard InChI is InChI=1S/C22H26N2O4S/c1-15-7-9-18(10-8-15)29-28-23-11-5-6-12-26-17-13-16(2)20-19(14-17)22(3,4)27-21(25)24-20/h7-11,13-14H,5-6,12H2,1-4H3,(H,24,25). The average Bonchev–Trinajstić information content (AvgIpc) is 2.66. The minimum Gasteiger partial charge on any atom is -0.494 e. The third-order valence-electron chi connectivity index (χ3n) is 4.55. The number of ether oxygens (including phenoxy) is 2. The Morgan fingerprint density at radius 1 is 1.21 bits per heavy atom. The molecule has 1 aliphatic rings. The number of nitrogens with zero attached hydrogens (tertiary/aromatic N) is 1. The monoisotopic (exact) mass is 414 g/mol. The lowest BCUT2D eigenvalue weighted by atomic mass is 9.92. The first-order chi connectivity index (χ1) is 13.8. The van der Waals surface area contributed by atoms with Crippen molar-refractivity contribution < 1.29 is 18.6 Å². The van der Waals surface area contributed by atoms with E-state index in [0.717, 1.165) is 40.3 Å². The van der Waals surface area contributed by atoms with Crippen molar-refractivity contribution in [2.24, 2.45) is 5.16 Å². The zero-order valence-electron chi connectivity index (χ0n) is 17.2. The van der Waals surface area contributed by atoms with E-state index in [1.165, 1.54) is 17.6 Å². The van der Waals surface area contributed by atoms with E-state index < -0.39 is 11.7 Å². The van der Waals surface area contributed by atoms with E-state index in [-0.39, 0.29) is 0 Å². The van der Waals surface area contributed by atoms with Crippen LogP contribution in [-0.2, 0) is 14.6 Å². The van der Waals surface area contributed by atoms with Gasteiger partial charge in [-0.2, -0.15) is 0 Å². The molecule has 0 saturated carbocycles. The van der Waals surface area contributed by atoms with Crippen LogP contribution in [0.4, 0.5) is 10.5 Å². The SMILES string of the molecule is Cc1ccc(SON=CCCCOc2cc(C)c3c(c2)C(C)(C)OC(=O)N3)cc1. The highest BCUT2D eigenvalue weighted by Gasteiger charge is 2.34. The fourth-order valence-electron chi connectivity index (χ4n) is 3.00. The summed E-state index contributed by atoms with van der Waals surface area (Å²) in [4.78, 5) is 12.7. The van der Waals surface area contributed by atoms with E-state index in [9.17, 15) is 4.79 Å². The Morgan fingerprint density at radius 2 is 1.97 bits per heavy atom. The van der Waals surface area contributed by atoms with Gasteiger partial charge in [0.15, 0.2) is 0 Å². The first-order valence-electron chi connectivity index (χ1n) is 9.55. The number of amides is 1. The van der Waals surface area contributed by atoms with Crippen LogP contribution in [0.3, 0.4) is 0 Å². The molecule has 0 radical (unpaired) electrons. The Hall–Kier alpha value is -2.67. The number of nitrogens with one attached hydrogen (secondary N) is 1. The average molecular weight is 415 g/mol. The van der Waals surface area contributed by atoms with Crippen molar-refractivity contribution in [2.75, 3.05) is 11.9 Å². The summed E-state index contributed by atoms with van der Waals surface area (Å²) in [7, 11) is 0. The highest BCUT2D eigenvalue weighted by molar-refractivity contribution is 7.94. The predicted octanol–water partition coefficient (Wildman–Crippen LogP) is 5.97. The number of anilines is 1. The van der Waals surface area contributed by atoms with Crippen molar-refractivity contribution in [3.8, 4) is 5.75 Å². The van der Waals surface area contributed by atoms with Crippen LogP contribution in [0.5, 0.6) is 5.75 Å². The molecule has 0 fully saturated rings. The summed E-state index contributed by atoms with van der Waals surface area (Å²) >= 11 is 1.23. The van der Waals surface area contributed by atoms with Crippen LogP contribution in [0, 0.1) is 13.8 Å². The normalized spacial score (nSPS) is 14.8. The Labute approximate surface area is 175 Å². The summed E-state index contributed by atoms with van der Waals surface area (Å²) in [5.41, 5.74) is 3.18. The van der Waals surface area contributed by atoms with E-state index >= 15 is 0 Å². The number of unbranched alkanes of at least 4 members (excludes halogenated alkanes) is 1. The highest BCUT2D eigenvalue weighted by atomic mass is 32.2. The third kappa shape index (κ3) is 5.67. The van der Waals surface area contributed by atoms with Crippen LogP contribution in [0.2, 0.25) is 0 Å². The van der Waals surface area contributed by atoms with Gasteiger partial charge in [0.1, 0.15) is 23.4 Å². The summed E-state index contributed by atoms with van der Waals surface area (Å²) in [6, 6.07) is 11.9. The maximum absolute atomic E-state index is 11.7. The van der Waals surface area contributed by atoms with Crippen molar-refractivity contribution in [3.63, 3.8) is 0 Å². The lowest BCUT2D eigenvalue weighted by Crippen LogP contribution is -2.35. The number of aryl methyl sites for hydroxylation is 2. The Morgan fingerprint density at radius 3 is 2.72 bits per heavy atom. The van der Waals surface area contributed by atoms with Crippen LogP contribution in [0.25, 0.3) is 0 Å². The molecule has 7 heteroatoms. The molecule has 0 saturated heterocycles. The zero-order valence-corrected chi connectivity index (χ0v) is 18.0. The molecule has 2 aromatic rings. The molecule has 1 aliphatic heterocycles. The van der Waals surface area contributed by atoms with Gasteiger partial charge in [-0.3, -0.25) is 5.32 Å². The molecule has 0 atom stereocenters. The number of fused-ring (bicyclic) bond motifs is 1. The molecule has 1 N–H and O–H groups in total. The van der Waals surface area contributed by atoms with Crippen LogP contribution in [0.1, 0.15) is 43.4 Å². The number of cyclic esters (lactones) is 1. The molecule has 2 aromatic carbocycles. The van der Waals surface area contributed by atoms with E-state index in [2.05, 4.69) is 10.5 Å². The van der Waals surface area contributed by atoms with Gasteiger partial charge in [0, 0.05) is 11.8 Å². The minimum absolute atomic E-state index is 0.429. The van der Waals surface area contributed by atoms with Gasteiger partial charge in [-0.1, -0.05) is 22.9 Å². The Balaban J connectivity index is 1.43. The van der Waals surface area contributed by atoms with Gasteiger partial charge in [0.05, 0.1) is 17.2 Å². The topological polar surface area (TPSA) is 69.1 Å². The molecule has 0 bridgehead atoms. The number of benzene rings is 2. The van der Waals surface area contributed by atoms with Gasteiger partial charge >= 0.3 is 6.09 Å². The second kappa shape index (κ2) is 9.22. The number of oxime groups is 1. The minimum atomic E-state index is -0.694. The number of carbonyl (C=O) groups is 1. The van der Waals surface area contributed by atoms with Crippen LogP contribution in [-0.4, -0.2) is 18.9 Å². The van der Waals surface area contributed by atoms with Crippen molar-refractivity contribution in [1.29, 1.82) is 0 Å². The third-order valence-corrected chi connectivity index (χ3v) is 5.18. The fourth-order valence-corrected chi connectivity index (χ4v) is 3.44. The van der Waals surface area contributed by atoms with Gasteiger partial charge < -0.3 is 13.8 Å². The molecule has 1 amide bonds. The summed E-state index contributed by atoms with van der Waals surface area (Å²) in [5.74, 6) is 0.761. The summed E-state index contributed by atoms with van der Waals surface area (Å²) in [5, 5.41) is 6.73. The zero-order chi connectivity index (χ0) is 20.9. The predicted molar refractivity (Wildman–Crippen MR) is 116 cm³/mol. The van der Waals surface area contributed by atoms with E-state index in [0.29, 0.717) is 6.61 Å². The largest absolute Gasteiger partial charge is 0.494 e. The lowest BCUT2D eigenvalue weighted by molar-refractivity contribution is 0.0417. The van der Waals surface area contributed by atoms with Crippen molar-refractivity contribution >= 4 is 30.0 Å². The number of hydrogen-bond acceptors (Lipinski definition) is 6. The van der Waals surface area contributed by atoms with Crippen molar-refractivity contribution in [1.82, 2.24) is 0 Å². The molecular weight excluding hydrogens is 388 g/mol. The van der Waals surface area contributed by atoms with Crippen LogP contribution in [0.15, 0.2) is 46.4 Å². The van der Waals surface area contributed by atoms with Gasteiger partial charge in [-0.25, -0.2) is 4.79 Å². The summed E-state index contributed by atoms with van der Waals surface area (Å²) in [6.07, 6.45) is 2.88. The number of rotatable bonds is 8. The first kappa shape index (κ1) is 21.0. The highest BCUT2D eigenvalue weighted by Crippen LogP contribution is 2.39.